The van der Waals surface area contributed by atoms with E-state index in [0.717, 1.165) is 0 Å². The number of hydrogen-bond acceptors (Lipinski definition) is 2. The standard InChI is InChI=1S/C10H8FNO2/c1-14-10-6(11)2-3-7-9(10)8(13)4-5-12-7/h2-5H,1H3,(H,12,13). The minimum atomic E-state index is -0.531. The Balaban J connectivity index is 2.99. The van der Waals surface area contributed by atoms with Crippen molar-refractivity contribution >= 4 is 10.9 Å². The van der Waals surface area contributed by atoms with Gasteiger partial charge in [-0.15, -0.1) is 0 Å². The molecule has 72 valence electrons. The molecule has 14 heavy (non-hydrogen) atoms. The average Bonchev–Trinajstić information content (AvgIpc) is 2.19. The predicted octanol–water partition coefficient (Wildman–Crippen LogP) is 1.68. The van der Waals surface area contributed by atoms with Gasteiger partial charge >= 0.3 is 0 Å². The van der Waals surface area contributed by atoms with Crippen LogP contribution in [0.25, 0.3) is 10.9 Å². The zero-order valence-electron chi connectivity index (χ0n) is 7.50. The number of rotatable bonds is 1. The molecule has 0 saturated heterocycles. The van der Waals surface area contributed by atoms with Crippen molar-refractivity contribution in [3.63, 3.8) is 0 Å². The molecule has 0 saturated carbocycles. The van der Waals surface area contributed by atoms with E-state index >= 15 is 0 Å². The quantitative estimate of drug-likeness (QED) is 0.748. The van der Waals surface area contributed by atoms with Gasteiger partial charge in [-0.05, 0) is 12.1 Å². The van der Waals surface area contributed by atoms with E-state index in [9.17, 15) is 9.18 Å². The summed E-state index contributed by atoms with van der Waals surface area (Å²) >= 11 is 0. The average molecular weight is 193 g/mol. The maximum Gasteiger partial charge on any atom is 0.193 e. The van der Waals surface area contributed by atoms with E-state index in [1.807, 2.05) is 0 Å². The Bertz CT molecular complexity index is 533. The van der Waals surface area contributed by atoms with Crippen molar-refractivity contribution < 1.29 is 9.13 Å². The zero-order chi connectivity index (χ0) is 10.1. The third-order valence-electron chi connectivity index (χ3n) is 2.03. The summed E-state index contributed by atoms with van der Waals surface area (Å²) in [6.45, 7) is 0. The molecule has 1 N–H and O–H groups in total. The smallest absolute Gasteiger partial charge is 0.193 e. The van der Waals surface area contributed by atoms with Crippen molar-refractivity contribution in [2.45, 2.75) is 0 Å². The van der Waals surface area contributed by atoms with Crippen LogP contribution >= 0.6 is 0 Å². The molecule has 0 spiro atoms. The molecule has 1 aromatic carbocycles. The van der Waals surface area contributed by atoms with Gasteiger partial charge in [-0.1, -0.05) is 0 Å². The lowest BCUT2D eigenvalue weighted by Gasteiger charge is -2.04. The van der Waals surface area contributed by atoms with Crippen molar-refractivity contribution in [1.82, 2.24) is 4.98 Å². The Morgan fingerprint density at radius 3 is 2.86 bits per heavy atom. The summed E-state index contributed by atoms with van der Waals surface area (Å²) in [7, 11) is 1.34. The topological polar surface area (TPSA) is 42.1 Å². The number of benzene rings is 1. The van der Waals surface area contributed by atoms with E-state index in [0.29, 0.717) is 5.52 Å². The van der Waals surface area contributed by atoms with E-state index < -0.39 is 5.82 Å². The number of pyridine rings is 1. The molecule has 2 rings (SSSR count). The number of aromatic amines is 1. The second-order valence-corrected chi connectivity index (χ2v) is 2.85. The molecular weight excluding hydrogens is 185 g/mol. The fourth-order valence-corrected chi connectivity index (χ4v) is 1.41. The molecule has 2 aromatic rings. The summed E-state index contributed by atoms with van der Waals surface area (Å²) in [5.74, 6) is -0.541. The van der Waals surface area contributed by atoms with Gasteiger partial charge in [-0.3, -0.25) is 4.79 Å². The Labute approximate surface area is 79.1 Å². The number of H-pyrrole nitrogens is 1. The Morgan fingerprint density at radius 2 is 2.14 bits per heavy atom. The molecule has 0 aliphatic heterocycles. The van der Waals surface area contributed by atoms with Crippen LogP contribution < -0.4 is 10.2 Å². The van der Waals surface area contributed by atoms with Crippen LogP contribution in [0.5, 0.6) is 5.75 Å². The maximum atomic E-state index is 13.2. The molecule has 0 atom stereocenters. The molecule has 0 amide bonds. The molecular formula is C10H8FNO2. The third-order valence-corrected chi connectivity index (χ3v) is 2.03. The Hall–Kier alpha value is -1.84. The van der Waals surface area contributed by atoms with Gasteiger partial charge in [0.1, 0.15) is 0 Å². The highest BCUT2D eigenvalue weighted by Gasteiger charge is 2.10. The normalized spacial score (nSPS) is 10.4. The van der Waals surface area contributed by atoms with Gasteiger partial charge in [0.15, 0.2) is 17.0 Å². The van der Waals surface area contributed by atoms with Crippen molar-refractivity contribution in [1.29, 1.82) is 0 Å². The summed E-state index contributed by atoms with van der Waals surface area (Å²) in [5.41, 5.74) is 0.311. The number of halogens is 1. The van der Waals surface area contributed by atoms with E-state index in [2.05, 4.69) is 4.98 Å². The van der Waals surface area contributed by atoms with Crippen molar-refractivity contribution in [3.05, 3.63) is 40.4 Å². The Morgan fingerprint density at radius 1 is 1.36 bits per heavy atom. The highest BCUT2D eigenvalue weighted by Crippen LogP contribution is 2.24. The molecule has 1 aromatic heterocycles. The number of ether oxygens (including phenoxy) is 1. The minimum absolute atomic E-state index is 0.00986. The molecule has 0 fully saturated rings. The fourth-order valence-electron chi connectivity index (χ4n) is 1.41. The largest absolute Gasteiger partial charge is 0.493 e. The SMILES string of the molecule is COc1c(F)ccc2[nH]ccc(=O)c12. The number of nitrogens with one attached hydrogen (secondary N) is 1. The van der Waals surface area contributed by atoms with Crippen LogP contribution in [0.3, 0.4) is 0 Å². The molecule has 3 nitrogen and oxygen atoms in total. The molecule has 1 heterocycles. The van der Waals surface area contributed by atoms with Crippen LogP contribution in [0.4, 0.5) is 4.39 Å². The lowest BCUT2D eigenvalue weighted by Crippen LogP contribution is -2.03. The van der Waals surface area contributed by atoms with Gasteiger partial charge in [0, 0.05) is 12.3 Å². The lowest BCUT2D eigenvalue weighted by molar-refractivity contribution is 0.391. The molecule has 4 heteroatoms. The van der Waals surface area contributed by atoms with Gasteiger partial charge < -0.3 is 9.72 Å². The summed E-state index contributed by atoms with van der Waals surface area (Å²) in [4.78, 5) is 14.3. The minimum Gasteiger partial charge on any atom is -0.493 e. The number of hydrogen-bond donors (Lipinski definition) is 1. The second-order valence-electron chi connectivity index (χ2n) is 2.85. The molecule has 0 aliphatic carbocycles. The first-order valence-electron chi connectivity index (χ1n) is 4.08. The monoisotopic (exact) mass is 193 g/mol. The second kappa shape index (κ2) is 3.14. The van der Waals surface area contributed by atoms with Crippen LogP contribution in [0.1, 0.15) is 0 Å². The lowest BCUT2D eigenvalue weighted by atomic mass is 10.2. The van der Waals surface area contributed by atoms with Crippen LogP contribution in [-0.2, 0) is 0 Å². The first kappa shape index (κ1) is 8.74. The number of fused-ring (bicyclic) bond motifs is 1. The molecule has 0 bridgehead atoms. The van der Waals surface area contributed by atoms with Crippen LogP contribution in [0, 0.1) is 5.82 Å². The first-order valence-corrected chi connectivity index (χ1v) is 4.08. The first-order chi connectivity index (χ1) is 6.74. The van der Waals surface area contributed by atoms with E-state index in [1.165, 1.54) is 31.5 Å². The summed E-state index contributed by atoms with van der Waals surface area (Å²) in [6.07, 6.45) is 1.52. The maximum absolute atomic E-state index is 13.2. The van der Waals surface area contributed by atoms with E-state index in [-0.39, 0.29) is 16.6 Å². The summed E-state index contributed by atoms with van der Waals surface area (Å²) in [5, 5.41) is 0.245. The van der Waals surface area contributed by atoms with Crippen molar-refractivity contribution in [2.24, 2.45) is 0 Å². The number of methoxy groups -OCH3 is 1. The number of aromatic nitrogens is 1. The van der Waals surface area contributed by atoms with E-state index in [1.54, 1.807) is 0 Å². The predicted molar refractivity (Wildman–Crippen MR) is 51.1 cm³/mol. The highest BCUT2D eigenvalue weighted by molar-refractivity contribution is 5.84. The molecule has 0 unspecified atom stereocenters. The van der Waals surface area contributed by atoms with Crippen molar-refractivity contribution in [3.8, 4) is 5.75 Å². The van der Waals surface area contributed by atoms with Crippen LogP contribution in [-0.4, -0.2) is 12.1 Å². The molecule has 0 radical (unpaired) electrons. The third kappa shape index (κ3) is 1.16. The summed E-state index contributed by atoms with van der Waals surface area (Å²) < 4.78 is 18.1. The highest BCUT2D eigenvalue weighted by atomic mass is 19.1. The van der Waals surface area contributed by atoms with Gasteiger partial charge in [0.2, 0.25) is 0 Å². The van der Waals surface area contributed by atoms with Crippen LogP contribution in [0.2, 0.25) is 0 Å². The fraction of sp³-hybridized carbons (Fsp3) is 0.100. The summed E-state index contributed by atoms with van der Waals surface area (Å²) in [6, 6.07) is 4.11. The van der Waals surface area contributed by atoms with Crippen LogP contribution in [0.15, 0.2) is 29.2 Å². The zero-order valence-corrected chi connectivity index (χ0v) is 7.50. The van der Waals surface area contributed by atoms with Gasteiger partial charge in [0.25, 0.3) is 0 Å². The van der Waals surface area contributed by atoms with Crippen molar-refractivity contribution in [2.75, 3.05) is 7.11 Å². The van der Waals surface area contributed by atoms with Gasteiger partial charge in [-0.2, -0.15) is 0 Å². The van der Waals surface area contributed by atoms with Gasteiger partial charge in [0.05, 0.1) is 18.0 Å². The van der Waals surface area contributed by atoms with E-state index in [4.69, 9.17) is 4.74 Å². The van der Waals surface area contributed by atoms with Gasteiger partial charge in [-0.25, -0.2) is 4.39 Å². The Kier molecular flexibility index (Phi) is 1.96. The molecule has 0 aliphatic rings.